The minimum atomic E-state index is -0.852. The van der Waals surface area contributed by atoms with Crippen molar-refractivity contribution in [2.75, 3.05) is 6.61 Å². The molecule has 5 heteroatoms. The number of hydrogen-bond acceptors (Lipinski definition) is 5. The zero-order chi connectivity index (χ0) is 15.1. The molecule has 0 N–H and O–H groups in total. The van der Waals surface area contributed by atoms with E-state index >= 15 is 0 Å². The van der Waals surface area contributed by atoms with Gasteiger partial charge in [0.05, 0.1) is 17.8 Å². The van der Waals surface area contributed by atoms with Crippen molar-refractivity contribution >= 4 is 17.9 Å². The molecule has 0 aliphatic carbocycles. The highest BCUT2D eigenvalue weighted by molar-refractivity contribution is 6.16. The molecule has 1 atom stereocenters. The predicted octanol–water partition coefficient (Wildman–Crippen LogP) is 2.31. The van der Waals surface area contributed by atoms with Crippen LogP contribution in [0.2, 0.25) is 0 Å². The minimum absolute atomic E-state index is 0.124. The number of carbonyl (C=O) groups is 3. The summed E-state index contributed by atoms with van der Waals surface area (Å²) < 4.78 is 9.46. The van der Waals surface area contributed by atoms with Crippen LogP contribution in [-0.4, -0.2) is 24.5 Å². The van der Waals surface area contributed by atoms with Gasteiger partial charge in [-0.05, 0) is 12.3 Å². The number of rotatable bonds is 8. The van der Waals surface area contributed by atoms with Gasteiger partial charge < -0.3 is 9.47 Å². The lowest BCUT2D eigenvalue weighted by Gasteiger charge is -2.15. The highest BCUT2D eigenvalue weighted by Gasteiger charge is 2.29. The molecule has 0 saturated carbocycles. The van der Waals surface area contributed by atoms with Gasteiger partial charge in [-0.25, -0.2) is 14.4 Å². The van der Waals surface area contributed by atoms with Crippen molar-refractivity contribution in [1.82, 2.24) is 0 Å². The molecule has 0 saturated heterocycles. The van der Waals surface area contributed by atoms with Crippen LogP contribution < -0.4 is 0 Å². The summed E-state index contributed by atoms with van der Waals surface area (Å²) in [4.78, 5) is 34.0. The maximum absolute atomic E-state index is 11.8. The molecule has 1 aliphatic heterocycles. The quantitative estimate of drug-likeness (QED) is 0.387. The average molecular weight is 280 g/mol. The van der Waals surface area contributed by atoms with Crippen molar-refractivity contribution in [3.05, 3.63) is 23.8 Å². The van der Waals surface area contributed by atoms with E-state index < -0.39 is 17.9 Å². The first-order valence-corrected chi connectivity index (χ1v) is 6.83. The Hall–Kier alpha value is -1.91. The molecule has 1 rings (SSSR count). The third kappa shape index (κ3) is 4.33. The second kappa shape index (κ2) is 7.62. The molecular weight excluding hydrogens is 260 g/mol. The Balaban J connectivity index is 2.50. The molecule has 1 heterocycles. The summed E-state index contributed by atoms with van der Waals surface area (Å²) in [6.07, 6.45) is 5.06. The van der Waals surface area contributed by atoms with Gasteiger partial charge in [-0.1, -0.05) is 39.7 Å². The molecule has 0 aromatic carbocycles. The van der Waals surface area contributed by atoms with Crippen molar-refractivity contribution in [1.29, 1.82) is 0 Å². The Morgan fingerprint density at radius 1 is 1.40 bits per heavy atom. The van der Waals surface area contributed by atoms with E-state index in [-0.39, 0.29) is 11.1 Å². The third-order valence-corrected chi connectivity index (χ3v) is 3.24. The van der Waals surface area contributed by atoms with Gasteiger partial charge in [-0.3, -0.25) is 0 Å². The molecule has 0 radical (unpaired) electrons. The van der Waals surface area contributed by atoms with Crippen molar-refractivity contribution in [2.24, 2.45) is 5.92 Å². The van der Waals surface area contributed by atoms with E-state index in [4.69, 9.17) is 4.74 Å². The fraction of sp³-hybridized carbons (Fsp3) is 0.533. The van der Waals surface area contributed by atoms with Gasteiger partial charge >= 0.3 is 17.9 Å². The zero-order valence-corrected chi connectivity index (χ0v) is 11.9. The van der Waals surface area contributed by atoms with E-state index in [0.717, 1.165) is 31.8 Å². The van der Waals surface area contributed by atoms with Crippen LogP contribution in [0.25, 0.3) is 0 Å². The van der Waals surface area contributed by atoms with Crippen LogP contribution in [0.4, 0.5) is 0 Å². The highest BCUT2D eigenvalue weighted by atomic mass is 16.6. The second-order valence-corrected chi connectivity index (χ2v) is 4.76. The van der Waals surface area contributed by atoms with E-state index in [1.807, 2.05) is 6.92 Å². The lowest BCUT2D eigenvalue weighted by Crippen LogP contribution is -2.17. The van der Waals surface area contributed by atoms with Crippen LogP contribution in [0, 0.1) is 5.92 Å². The Kier molecular flexibility index (Phi) is 6.15. The molecule has 0 fully saturated rings. The number of carbonyl (C=O) groups excluding carboxylic acids is 3. The number of unbranched alkanes of at least 4 members (excludes halogenated alkanes) is 1. The zero-order valence-electron chi connectivity index (χ0n) is 11.9. The standard InChI is InChI=1S/C15H20O5/c1-4-6-7-11(5-2)9-19-14(17)10(3)12-8-13(16)20-15(12)18/h8,11H,3-7,9H2,1-2H3. The van der Waals surface area contributed by atoms with Gasteiger partial charge in [0.15, 0.2) is 0 Å². The molecule has 0 aromatic rings. The second-order valence-electron chi connectivity index (χ2n) is 4.76. The molecule has 5 nitrogen and oxygen atoms in total. The predicted molar refractivity (Wildman–Crippen MR) is 72.6 cm³/mol. The molecular formula is C15H20O5. The van der Waals surface area contributed by atoms with Gasteiger partial charge in [0.2, 0.25) is 0 Å². The molecule has 1 unspecified atom stereocenters. The highest BCUT2D eigenvalue weighted by Crippen LogP contribution is 2.19. The van der Waals surface area contributed by atoms with Crippen LogP contribution in [-0.2, 0) is 23.9 Å². The fourth-order valence-corrected chi connectivity index (χ4v) is 1.85. The Labute approximate surface area is 118 Å². The van der Waals surface area contributed by atoms with Crippen molar-refractivity contribution in [3.63, 3.8) is 0 Å². The number of cyclic esters (lactones) is 2. The average Bonchev–Trinajstić information content (AvgIpc) is 2.76. The molecule has 0 aromatic heterocycles. The Bertz CT molecular complexity index is 447. The van der Waals surface area contributed by atoms with Crippen LogP contribution in [0.1, 0.15) is 39.5 Å². The smallest absolute Gasteiger partial charge is 0.347 e. The molecule has 0 amide bonds. The topological polar surface area (TPSA) is 69.7 Å². The summed E-state index contributed by atoms with van der Waals surface area (Å²) in [6, 6.07) is 0. The van der Waals surface area contributed by atoms with Crippen molar-refractivity contribution < 1.29 is 23.9 Å². The largest absolute Gasteiger partial charge is 0.462 e. The molecule has 20 heavy (non-hydrogen) atoms. The van der Waals surface area contributed by atoms with Crippen LogP contribution in [0.15, 0.2) is 23.8 Å². The van der Waals surface area contributed by atoms with E-state index in [9.17, 15) is 14.4 Å². The lowest BCUT2D eigenvalue weighted by atomic mass is 10.0. The summed E-state index contributed by atoms with van der Waals surface area (Å²) in [6.45, 7) is 7.93. The summed E-state index contributed by atoms with van der Waals surface area (Å²) in [5.74, 6) is -2.01. The number of esters is 3. The summed E-state index contributed by atoms with van der Waals surface area (Å²) in [5.41, 5.74) is -0.257. The lowest BCUT2D eigenvalue weighted by molar-refractivity contribution is -0.151. The van der Waals surface area contributed by atoms with E-state index in [0.29, 0.717) is 12.5 Å². The number of hydrogen-bond donors (Lipinski definition) is 0. The monoisotopic (exact) mass is 280 g/mol. The first-order valence-electron chi connectivity index (χ1n) is 6.83. The maximum Gasteiger partial charge on any atom is 0.347 e. The van der Waals surface area contributed by atoms with Gasteiger partial charge in [-0.15, -0.1) is 0 Å². The third-order valence-electron chi connectivity index (χ3n) is 3.24. The van der Waals surface area contributed by atoms with E-state index in [2.05, 4.69) is 18.2 Å². The normalized spacial score (nSPS) is 15.6. The molecule has 0 bridgehead atoms. The van der Waals surface area contributed by atoms with Crippen LogP contribution in [0.5, 0.6) is 0 Å². The van der Waals surface area contributed by atoms with Crippen LogP contribution in [0.3, 0.4) is 0 Å². The summed E-state index contributed by atoms with van der Waals surface area (Å²) >= 11 is 0. The SMILES string of the molecule is C=C(C(=O)OCC(CC)CCCC)C1=CC(=O)OC1=O. The van der Waals surface area contributed by atoms with Gasteiger partial charge in [-0.2, -0.15) is 0 Å². The maximum atomic E-state index is 11.8. The van der Waals surface area contributed by atoms with E-state index in [1.165, 1.54) is 0 Å². The molecule has 0 spiro atoms. The fourth-order valence-electron chi connectivity index (χ4n) is 1.85. The van der Waals surface area contributed by atoms with Crippen LogP contribution >= 0.6 is 0 Å². The molecule has 1 aliphatic rings. The minimum Gasteiger partial charge on any atom is -0.462 e. The van der Waals surface area contributed by atoms with Crippen molar-refractivity contribution in [2.45, 2.75) is 39.5 Å². The van der Waals surface area contributed by atoms with Gasteiger partial charge in [0.25, 0.3) is 0 Å². The van der Waals surface area contributed by atoms with Gasteiger partial charge in [0.1, 0.15) is 0 Å². The summed E-state index contributed by atoms with van der Waals surface area (Å²) in [5, 5.41) is 0. The Morgan fingerprint density at radius 2 is 2.10 bits per heavy atom. The first-order chi connectivity index (χ1) is 9.49. The number of ether oxygens (including phenoxy) is 2. The van der Waals surface area contributed by atoms with Crippen molar-refractivity contribution in [3.8, 4) is 0 Å². The first kappa shape index (κ1) is 16.1. The van der Waals surface area contributed by atoms with E-state index in [1.54, 1.807) is 0 Å². The summed E-state index contributed by atoms with van der Waals surface area (Å²) in [7, 11) is 0. The Morgan fingerprint density at radius 3 is 2.60 bits per heavy atom. The molecule has 110 valence electrons. The van der Waals surface area contributed by atoms with Gasteiger partial charge in [0, 0.05) is 6.08 Å².